The molecule has 0 heterocycles. The predicted octanol–water partition coefficient (Wildman–Crippen LogP) is 3.42. The number of ether oxygens (including phenoxy) is 1. The van der Waals surface area contributed by atoms with Crippen LogP contribution in [0.5, 0.6) is 0 Å². The lowest BCUT2D eigenvalue weighted by Crippen LogP contribution is -2.39. The Morgan fingerprint density at radius 3 is 2.48 bits per heavy atom. The van der Waals surface area contributed by atoms with Crippen LogP contribution in [0.4, 0.5) is 5.69 Å². The van der Waals surface area contributed by atoms with E-state index in [0.29, 0.717) is 5.56 Å². The maximum Gasteiger partial charge on any atom is 0.328 e. The van der Waals surface area contributed by atoms with Crippen LogP contribution in [0.3, 0.4) is 0 Å². The molecule has 0 aliphatic carbocycles. The zero-order valence-electron chi connectivity index (χ0n) is 15.0. The van der Waals surface area contributed by atoms with E-state index in [4.69, 9.17) is 4.74 Å². The number of nitro benzene ring substituents is 1. The Morgan fingerprint density at radius 2 is 1.81 bits per heavy atom. The predicted molar refractivity (Wildman–Crippen MR) is 101 cm³/mol. The van der Waals surface area contributed by atoms with Gasteiger partial charge in [0.25, 0.3) is 5.69 Å². The monoisotopic (exact) mass is 368 g/mol. The first-order valence-corrected chi connectivity index (χ1v) is 8.35. The second kappa shape index (κ2) is 9.28. The van der Waals surface area contributed by atoms with Crippen LogP contribution in [0.15, 0.2) is 60.7 Å². The molecule has 140 valence electrons. The van der Waals surface area contributed by atoms with E-state index in [1.807, 2.05) is 30.3 Å². The molecule has 0 saturated heterocycles. The highest BCUT2D eigenvalue weighted by Crippen LogP contribution is 2.22. The quantitative estimate of drug-likeness (QED) is 0.349. The SMILES string of the molecule is C[C@H](NC(=O)/C=C/c1ccccc1)C(=O)O[C@H](C)c1cccc([N+](=O)[O-])c1. The first-order chi connectivity index (χ1) is 12.9. The number of esters is 1. The van der Waals surface area contributed by atoms with Crippen LogP contribution in [0.25, 0.3) is 6.08 Å². The Balaban J connectivity index is 1.91. The number of hydrogen-bond donors (Lipinski definition) is 1. The van der Waals surface area contributed by atoms with Crippen LogP contribution in [0.2, 0.25) is 0 Å². The number of rotatable bonds is 7. The fourth-order valence-electron chi connectivity index (χ4n) is 2.29. The Labute approximate surface area is 156 Å². The van der Waals surface area contributed by atoms with Gasteiger partial charge in [0.15, 0.2) is 0 Å². The molecule has 1 N–H and O–H groups in total. The largest absolute Gasteiger partial charge is 0.456 e. The maximum atomic E-state index is 12.2. The highest BCUT2D eigenvalue weighted by atomic mass is 16.6. The van der Waals surface area contributed by atoms with Crippen LogP contribution < -0.4 is 5.32 Å². The molecule has 0 spiro atoms. The number of benzene rings is 2. The van der Waals surface area contributed by atoms with E-state index in [1.54, 1.807) is 19.1 Å². The molecule has 27 heavy (non-hydrogen) atoms. The number of amides is 1. The van der Waals surface area contributed by atoms with Crippen LogP contribution in [-0.4, -0.2) is 22.8 Å². The smallest absolute Gasteiger partial charge is 0.328 e. The van der Waals surface area contributed by atoms with E-state index in [9.17, 15) is 19.7 Å². The molecule has 0 aliphatic rings. The van der Waals surface area contributed by atoms with Crippen molar-refractivity contribution in [1.82, 2.24) is 5.32 Å². The zero-order valence-corrected chi connectivity index (χ0v) is 15.0. The first-order valence-electron chi connectivity index (χ1n) is 8.35. The summed E-state index contributed by atoms with van der Waals surface area (Å²) in [7, 11) is 0. The average molecular weight is 368 g/mol. The number of nitrogens with one attached hydrogen (secondary N) is 1. The van der Waals surface area contributed by atoms with Crippen molar-refractivity contribution in [1.29, 1.82) is 0 Å². The number of nitro groups is 1. The molecule has 1 amide bonds. The van der Waals surface area contributed by atoms with Gasteiger partial charge in [0, 0.05) is 18.2 Å². The van der Waals surface area contributed by atoms with Gasteiger partial charge in [0.05, 0.1) is 4.92 Å². The van der Waals surface area contributed by atoms with Crippen molar-refractivity contribution in [2.24, 2.45) is 0 Å². The van der Waals surface area contributed by atoms with Crippen molar-refractivity contribution in [2.45, 2.75) is 26.0 Å². The van der Waals surface area contributed by atoms with E-state index in [1.165, 1.54) is 31.2 Å². The standard InChI is InChI=1S/C20H20N2O5/c1-14(21-19(23)12-11-16-7-4-3-5-8-16)20(24)27-15(2)17-9-6-10-18(13-17)22(25)26/h3-15H,1-2H3,(H,21,23)/b12-11+/t14-,15+/m0/s1. The highest BCUT2D eigenvalue weighted by molar-refractivity contribution is 5.94. The molecule has 0 fully saturated rings. The third-order valence-corrected chi connectivity index (χ3v) is 3.78. The van der Waals surface area contributed by atoms with Crippen molar-refractivity contribution < 1.29 is 19.2 Å². The summed E-state index contributed by atoms with van der Waals surface area (Å²) in [6.07, 6.45) is 2.29. The maximum absolute atomic E-state index is 12.2. The molecule has 0 aliphatic heterocycles. The summed E-state index contributed by atoms with van der Waals surface area (Å²) in [5.74, 6) is -1.05. The van der Waals surface area contributed by atoms with E-state index in [2.05, 4.69) is 5.32 Å². The van der Waals surface area contributed by atoms with Crippen molar-refractivity contribution in [3.8, 4) is 0 Å². The van der Waals surface area contributed by atoms with Crippen molar-refractivity contribution in [3.63, 3.8) is 0 Å². The molecule has 7 heteroatoms. The van der Waals surface area contributed by atoms with Gasteiger partial charge in [-0.05, 0) is 31.1 Å². The number of non-ortho nitro benzene ring substituents is 1. The summed E-state index contributed by atoms with van der Waals surface area (Å²) < 4.78 is 5.30. The third-order valence-electron chi connectivity index (χ3n) is 3.78. The number of nitrogens with zero attached hydrogens (tertiary/aromatic N) is 1. The lowest BCUT2D eigenvalue weighted by molar-refractivity contribution is -0.385. The minimum absolute atomic E-state index is 0.0807. The Bertz CT molecular complexity index is 848. The Morgan fingerprint density at radius 1 is 1.11 bits per heavy atom. The normalized spacial score (nSPS) is 13.0. The minimum Gasteiger partial charge on any atom is -0.456 e. The zero-order chi connectivity index (χ0) is 19.8. The van der Waals surface area contributed by atoms with Gasteiger partial charge in [-0.15, -0.1) is 0 Å². The molecule has 2 aromatic rings. The van der Waals surface area contributed by atoms with Crippen LogP contribution in [-0.2, 0) is 14.3 Å². The Kier molecular flexibility index (Phi) is 6.82. The van der Waals surface area contributed by atoms with Crippen LogP contribution in [0, 0.1) is 10.1 Å². The lowest BCUT2D eigenvalue weighted by atomic mass is 10.1. The molecule has 0 bridgehead atoms. The fraction of sp³-hybridized carbons (Fsp3) is 0.200. The van der Waals surface area contributed by atoms with Gasteiger partial charge in [0.1, 0.15) is 12.1 Å². The molecule has 2 atom stereocenters. The molecule has 0 saturated carbocycles. The third kappa shape index (κ3) is 6.07. The van der Waals surface area contributed by atoms with Crippen LogP contribution in [0.1, 0.15) is 31.1 Å². The summed E-state index contributed by atoms with van der Waals surface area (Å²) in [5.41, 5.74) is 1.28. The second-order valence-corrected chi connectivity index (χ2v) is 5.91. The summed E-state index contributed by atoms with van der Waals surface area (Å²) in [5, 5.41) is 13.4. The lowest BCUT2D eigenvalue weighted by Gasteiger charge is -2.17. The Hall–Kier alpha value is -3.48. The molecule has 2 aromatic carbocycles. The molecular weight excluding hydrogens is 348 g/mol. The summed E-state index contributed by atoms with van der Waals surface area (Å²) >= 11 is 0. The summed E-state index contributed by atoms with van der Waals surface area (Å²) in [4.78, 5) is 34.4. The van der Waals surface area contributed by atoms with E-state index in [-0.39, 0.29) is 5.69 Å². The van der Waals surface area contributed by atoms with Gasteiger partial charge >= 0.3 is 5.97 Å². The van der Waals surface area contributed by atoms with Gasteiger partial charge in [-0.1, -0.05) is 42.5 Å². The number of carbonyl (C=O) groups is 2. The molecule has 0 aromatic heterocycles. The number of hydrogen-bond acceptors (Lipinski definition) is 5. The van der Waals surface area contributed by atoms with Crippen LogP contribution >= 0.6 is 0 Å². The molecule has 0 radical (unpaired) electrons. The van der Waals surface area contributed by atoms with E-state index >= 15 is 0 Å². The fourth-order valence-corrected chi connectivity index (χ4v) is 2.29. The van der Waals surface area contributed by atoms with Gasteiger partial charge in [-0.25, -0.2) is 4.79 Å². The van der Waals surface area contributed by atoms with Gasteiger partial charge in [0.2, 0.25) is 5.91 Å². The second-order valence-electron chi connectivity index (χ2n) is 5.91. The molecule has 2 rings (SSSR count). The first kappa shape index (κ1) is 19.8. The molecular formula is C20H20N2O5. The van der Waals surface area contributed by atoms with Crippen molar-refractivity contribution in [2.75, 3.05) is 0 Å². The van der Waals surface area contributed by atoms with E-state index in [0.717, 1.165) is 5.56 Å². The molecule has 7 nitrogen and oxygen atoms in total. The van der Waals surface area contributed by atoms with Crippen molar-refractivity contribution >= 4 is 23.6 Å². The topological polar surface area (TPSA) is 98.5 Å². The minimum atomic E-state index is -0.862. The van der Waals surface area contributed by atoms with Gasteiger partial charge < -0.3 is 10.1 Å². The summed E-state index contributed by atoms with van der Waals surface area (Å²) in [6, 6.07) is 14.3. The molecule has 0 unspecified atom stereocenters. The van der Waals surface area contributed by atoms with Gasteiger partial charge in [-0.3, -0.25) is 14.9 Å². The number of carbonyl (C=O) groups excluding carboxylic acids is 2. The van der Waals surface area contributed by atoms with E-state index < -0.39 is 28.9 Å². The average Bonchev–Trinajstić information content (AvgIpc) is 2.67. The highest BCUT2D eigenvalue weighted by Gasteiger charge is 2.20. The summed E-state index contributed by atoms with van der Waals surface area (Å²) in [6.45, 7) is 3.12. The van der Waals surface area contributed by atoms with Gasteiger partial charge in [-0.2, -0.15) is 0 Å². The van der Waals surface area contributed by atoms with Crippen molar-refractivity contribution in [3.05, 3.63) is 81.9 Å².